The van der Waals surface area contributed by atoms with Gasteiger partial charge >= 0.3 is 0 Å². The molecule has 2 heterocycles. The molecular formula is C13H19BrN2O3. The molecule has 0 radical (unpaired) electrons. The molecule has 0 atom stereocenters. The lowest BCUT2D eigenvalue weighted by Gasteiger charge is -2.34. The van der Waals surface area contributed by atoms with Gasteiger partial charge in [-0.05, 0) is 29.8 Å². The Kier molecular flexibility index (Phi) is 4.43. The maximum absolute atomic E-state index is 12.9. The monoisotopic (exact) mass is 330 g/mol. The molecule has 2 rings (SSSR count). The molecule has 0 aliphatic carbocycles. The van der Waals surface area contributed by atoms with E-state index in [0.29, 0.717) is 36.2 Å². The van der Waals surface area contributed by atoms with Crippen LogP contribution < -0.4 is 0 Å². The fourth-order valence-electron chi connectivity index (χ4n) is 2.39. The molecule has 1 fully saturated rings. The third-order valence-corrected chi connectivity index (χ3v) is 4.14. The number of aromatic nitrogens is 2. The number of carbonyl (C=O) groups excluding carboxylic acids is 1. The molecule has 0 unspecified atom stereocenters. The van der Waals surface area contributed by atoms with Crippen LogP contribution in [0.3, 0.4) is 0 Å². The van der Waals surface area contributed by atoms with Gasteiger partial charge in [-0.3, -0.25) is 9.48 Å². The predicted molar refractivity (Wildman–Crippen MR) is 74.4 cm³/mol. The van der Waals surface area contributed by atoms with Crippen molar-refractivity contribution in [3.63, 3.8) is 0 Å². The zero-order chi connectivity index (χ0) is 14.0. The SMILES string of the molecule is COC1(C(=O)c2c(Br)cnn2C(C)C)CCOCC1. The molecule has 0 N–H and O–H groups in total. The summed E-state index contributed by atoms with van der Waals surface area (Å²) in [7, 11) is 1.59. The van der Waals surface area contributed by atoms with E-state index in [4.69, 9.17) is 9.47 Å². The first kappa shape index (κ1) is 14.7. The highest BCUT2D eigenvalue weighted by atomic mass is 79.9. The summed E-state index contributed by atoms with van der Waals surface area (Å²) in [5, 5.41) is 4.26. The average molecular weight is 331 g/mol. The van der Waals surface area contributed by atoms with Crippen LogP contribution in [0, 0.1) is 0 Å². The van der Waals surface area contributed by atoms with Crippen molar-refractivity contribution in [3.8, 4) is 0 Å². The van der Waals surface area contributed by atoms with Crippen LogP contribution in [-0.4, -0.2) is 41.5 Å². The van der Waals surface area contributed by atoms with Crippen molar-refractivity contribution < 1.29 is 14.3 Å². The van der Waals surface area contributed by atoms with Crippen molar-refractivity contribution in [1.29, 1.82) is 0 Å². The molecule has 1 saturated heterocycles. The smallest absolute Gasteiger partial charge is 0.213 e. The van der Waals surface area contributed by atoms with Gasteiger partial charge in [0, 0.05) is 39.2 Å². The first-order valence-corrected chi connectivity index (χ1v) is 7.22. The molecule has 19 heavy (non-hydrogen) atoms. The van der Waals surface area contributed by atoms with Crippen molar-refractivity contribution in [2.45, 2.75) is 38.3 Å². The molecule has 1 aliphatic heterocycles. The zero-order valence-corrected chi connectivity index (χ0v) is 13.1. The van der Waals surface area contributed by atoms with E-state index < -0.39 is 5.60 Å². The minimum atomic E-state index is -0.784. The first-order chi connectivity index (χ1) is 9.02. The Balaban J connectivity index is 2.40. The number of nitrogens with zero attached hydrogens (tertiary/aromatic N) is 2. The van der Waals surface area contributed by atoms with E-state index in [1.807, 2.05) is 13.8 Å². The lowest BCUT2D eigenvalue weighted by molar-refractivity contribution is -0.0668. The molecule has 1 aliphatic rings. The van der Waals surface area contributed by atoms with Gasteiger partial charge in [0.2, 0.25) is 5.78 Å². The van der Waals surface area contributed by atoms with Crippen LogP contribution in [-0.2, 0) is 9.47 Å². The average Bonchev–Trinajstić information content (AvgIpc) is 2.80. The number of ether oxygens (including phenoxy) is 2. The lowest BCUT2D eigenvalue weighted by atomic mass is 9.87. The molecule has 0 aromatic carbocycles. The third kappa shape index (κ3) is 2.61. The van der Waals surface area contributed by atoms with E-state index in [0.717, 1.165) is 0 Å². The minimum absolute atomic E-state index is 0.0172. The van der Waals surface area contributed by atoms with Gasteiger partial charge in [0.25, 0.3) is 0 Å². The van der Waals surface area contributed by atoms with Crippen LogP contribution in [0.5, 0.6) is 0 Å². The summed E-state index contributed by atoms with van der Waals surface area (Å²) in [6.07, 6.45) is 2.83. The van der Waals surface area contributed by atoms with Crippen molar-refractivity contribution in [2.24, 2.45) is 0 Å². The van der Waals surface area contributed by atoms with E-state index in [-0.39, 0.29) is 11.8 Å². The molecular weight excluding hydrogens is 312 g/mol. The Morgan fingerprint density at radius 3 is 2.68 bits per heavy atom. The molecule has 5 nitrogen and oxygen atoms in total. The molecule has 1 aromatic heterocycles. The summed E-state index contributed by atoms with van der Waals surface area (Å²) >= 11 is 3.42. The summed E-state index contributed by atoms with van der Waals surface area (Å²) in [4.78, 5) is 12.9. The predicted octanol–water partition coefficient (Wildman–Crippen LogP) is 2.60. The maximum atomic E-state index is 12.9. The normalized spacial score (nSPS) is 18.8. The van der Waals surface area contributed by atoms with Crippen LogP contribution in [0.25, 0.3) is 0 Å². The number of hydrogen-bond acceptors (Lipinski definition) is 4. The van der Waals surface area contributed by atoms with E-state index in [2.05, 4.69) is 21.0 Å². The molecule has 6 heteroatoms. The number of Topliss-reactive ketones (excluding diaryl/α,β-unsaturated/α-hetero) is 1. The summed E-state index contributed by atoms with van der Waals surface area (Å²) < 4.78 is 13.4. The number of halogens is 1. The quantitative estimate of drug-likeness (QED) is 0.796. The zero-order valence-electron chi connectivity index (χ0n) is 11.5. The van der Waals surface area contributed by atoms with Crippen molar-refractivity contribution >= 4 is 21.7 Å². The lowest BCUT2D eigenvalue weighted by Crippen LogP contribution is -2.46. The fraction of sp³-hybridized carbons (Fsp3) is 0.692. The highest BCUT2D eigenvalue weighted by molar-refractivity contribution is 9.10. The van der Waals surface area contributed by atoms with Crippen LogP contribution in [0.4, 0.5) is 0 Å². The second kappa shape index (κ2) is 5.73. The van der Waals surface area contributed by atoms with E-state index in [1.54, 1.807) is 18.0 Å². The van der Waals surface area contributed by atoms with E-state index >= 15 is 0 Å². The van der Waals surface area contributed by atoms with Crippen LogP contribution in [0.1, 0.15) is 43.2 Å². The van der Waals surface area contributed by atoms with Crippen molar-refractivity contribution in [3.05, 3.63) is 16.4 Å². The maximum Gasteiger partial charge on any atom is 0.213 e. The largest absolute Gasteiger partial charge is 0.381 e. The number of ketones is 1. The second-order valence-electron chi connectivity index (χ2n) is 5.02. The van der Waals surface area contributed by atoms with E-state index in [1.165, 1.54) is 0 Å². The van der Waals surface area contributed by atoms with E-state index in [9.17, 15) is 4.79 Å². The van der Waals surface area contributed by atoms with Gasteiger partial charge in [-0.25, -0.2) is 0 Å². The number of hydrogen-bond donors (Lipinski definition) is 0. The molecule has 0 saturated carbocycles. The third-order valence-electron chi connectivity index (χ3n) is 3.56. The Morgan fingerprint density at radius 2 is 2.16 bits per heavy atom. The summed E-state index contributed by atoms with van der Waals surface area (Å²) in [6.45, 7) is 5.10. The van der Waals surface area contributed by atoms with Gasteiger partial charge in [-0.1, -0.05) is 0 Å². The van der Waals surface area contributed by atoms with Crippen LogP contribution in [0.2, 0.25) is 0 Å². The topological polar surface area (TPSA) is 53.3 Å². The van der Waals surface area contributed by atoms with Gasteiger partial charge in [-0.2, -0.15) is 5.10 Å². The number of carbonyl (C=O) groups is 1. The van der Waals surface area contributed by atoms with Gasteiger partial charge in [0.05, 0.1) is 10.7 Å². The highest BCUT2D eigenvalue weighted by Crippen LogP contribution is 2.32. The number of methoxy groups -OCH3 is 1. The summed E-state index contributed by atoms with van der Waals surface area (Å²) in [5.41, 5.74) is -0.202. The summed E-state index contributed by atoms with van der Waals surface area (Å²) in [6, 6.07) is 0.124. The molecule has 0 bridgehead atoms. The molecule has 0 amide bonds. The van der Waals surface area contributed by atoms with Crippen LogP contribution in [0.15, 0.2) is 10.7 Å². The Morgan fingerprint density at radius 1 is 1.53 bits per heavy atom. The first-order valence-electron chi connectivity index (χ1n) is 6.42. The fourth-order valence-corrected chi connectivity index (χ4v) is 2.84. The van der Waals surface area contributed by atoms with Crippen LogP contribution >= 0.6 is 15.9 Å². The molecule has 0 spiro atoms. The molecule has 1 aromatic rings. The van der Waals surface area contributed by atoms with Gasteiger partial charge < -0.3 is 9.47 Å². The summed E-state index contributed by atoms with van der Waals surface area (Å²) in [5.74, 6) is -0.0172. The standard InChI is InChI=1S/C13H19BrN2O3/c1-9(2)16-11(10(14)8-15-16)12(17)13(18-3)4-6-19-7-5-13/h8-9H,4-7H2,1-3H3. The molecule has 106 valence electrons. The van der Waals surface area contributed by atoms with Crippen molar-refractivity contribution in [1.82, 2.24) is 9.78 Å². The highest BCUT2D eigenvalue weighted by Gasteiger charge is 2.43. The van der Waals surface area contributed by atoms with Gasteiger partial charge in [-0.15, -0.1) is 0 Å². The minimum Gasteiger partial charge on any atom is -0.381 e. The van der Waals surface area contributed by atoms with Crippen molar-refractivity contribution in [2.75, 3.05) is 20.3 Å². The van der Waals surface area contributed by atoms with Gasteiger partial charge in [0.1, 0.15) is 11.3 Å². The second-order valence-corrected chi connectivity index (χ2v) is 5.87. The Bertz CT molecular complexity index is 464. The van der Waals surface area contributed by atoms with Gasteiger partial charge in [0.15, 0.2) is 0 Å². The Hall–Kier alpha value is -0.720. The Labute approximate surface area is 121 Å². The number of rotatable bonds is 4.